The summed E-state index contributed by atoms with van der Waals surface area (Å²) in [6, 6.07) is 5.75. The Morgan fingerprint density at radius 2 is 2.36 bits per heavy atom. The average molecular weight is 212 g/mol. The van der Waals surface area contributed by atoms with E-state index in [0.717, 1.165) is 15.9 Å². The van der Waals surface area contributed by atoms with Crippen LogP contribution in [0.4, 0.5) is 0 Å². The summed E-state index contributed by atoms with van der Waals surface area (Å²) in [5.74, 6) is 0.857. The number of hydrogen-bond acceptors (Lipinski definition) is 1. The highest BCUT2D eigenvalue weighted by Gasteiger charge is 2.01. The topological polar surface area (TPSA) is 28.9 Å². The maximum absolute atomic E-state index is 5.18. The zero-order valence-corrected chi connectivity index (χ0v) is 7.26. The predicted octanol–water partition coefficient (Wildman–Crippen LogP) is 3.04. The Morgan fingerprint density at radius 1 is 1.45 bits per heavy atom. The van der Waals surface area contributed by atoms with E-state index in [1.165, 1.54) is 0 Å². The van der Waals surface area contributed by atoms with Crippen molar-refractivity contribution in [3.05, 3.63) is 35.1 Å². The van der Waals surface area contributed by atoms with Gasteiger partial charge in [-0.15, -0.1) is 0 Å². The van der Waals surface area contributed by atoms with Crippen LogP contribution in [0.2, 0.25) is 0 Å². The van der Waals surface area contributed by atoms with Crippen LogP contribution in [0.15, 0.2) is 39.5 Å². The number of halogens is 1. The molecule has 0 unspecified atom stereocenters. The molecule has 0 saturated heterocycles. The fraction of sp³-hybridized carbons (Fsp3) is 0. The number of hydrogen-bond donors (Lipinski definition) is 1. The first-order valence-corrected chi connectivity index (χ1v) is 4.03. The molecule has 11 heavy (non-hydrogen) atoms. The second kappa shape index (κ2) is 2.58. The van der Waals surface area contributed by atoms with Crippen LogP contribution in [0, 0.1) is 0 Å². The number of furan rings is 1. The van der Waals surface area contributed by atoms with Crippen molar-refractivity contribution in [2.45, 2.75) is 0 Å². The Bertz CT molecular complexity index is 337. The molecule has 2 aromatic rings. The Kier molecular flexibility index (Phi) is 1.58. The third kappa shape index (κ3) is 1.24. The molecule has 1 N–H and O–H groups in total. The van der Waals surface area contributed by atoms with E-state index in [9.17, 15) is 0 Å². The van der Waals surface area contributed by atoms with E-state index in [0.29, 0.717) is 0 Å². The summed E-state index contributed by atoms with van der Waals surface area (Å²) >= 11 is 3.34. The molecule has 2 rings (SSSR count). The molecule has 0 saturated carbocycles. The van der Waals surface area contributed by atoms with E-state index in [2.05, 4.69) is 20.9 Å². The quantitative estimate of drug-likeness (QED) is 0.773. The second-order valence-electron chi connectivity index (χ2n) is 2.21. The summed E-state index contributed by atoms with van der Waals surface area (Å²) in [6.45, 7) is 0. The molecule has 0 atom stereocenters. The van der Waals surface area contributed by atoms with Gasteiger partial charge in [-0.05, 0) is 34.1 Å². The molecule has 0 aliphatic rings. The molecule has 3 heteroatoms. The standard InChI is InChI=1S/C8H6BrNO/c9-6-4-7(10-5-6)8-2-1-3-11-8/h1-5,10H. The van der Waals surface area contributed by atoms with Gasteiger partial charge < -0.3 is 9.40 Å². The first kappa shape index (κ1) is 6.73. The SMILES string of the molecule is Brc1c[nH]c(-c2ccco2)c1. The minimum atomic E-state index is 0.857. The molecule has 56 valence electrons. The molecule has 2 aromatic heterocycles. The highest BCUT2D eigenvalue weighted by Crippen LogP contribution is 2.21. The molecule has 0 fully saturated rings. The monoisotopic (exact) mass is 211 g/mol. The summed E-state index contributed by atoms with van der Waals surface area (Å²) in [5.41, 5.74) is 0.988. The van der Waals surface area contributed by atoms with Gasteiger partial charge in [0.1, 0.15) is 5.76 Å². The molecule has 0 aromatic carbocycles. The van der Waals surface area contributed by atoms with Gasteiger partial charge in [-0.1, -0.05) is 0 Å². The van der Waals surface area contributed by atoms with Crippen LogP contribution in [0.25, 0.3) is 11.5 Å². The lowest BCUT2D eigenvalue weighted by Crippen LogP contribution is -1.68. The maximum atomic E-state index is 5.18. The second-order valence-corrected chi connectivity index (χ2v) is 3.12. The summed E-state index contributed by atoms with van der Waals surface area (Å²) in [6.07, 6.45) is 3.53. The molecule has 0 bridgehead atoms. The van der Waals surface area contributed by atoms with Gasteiger partial charge in [-0.2, -0.15) is 0 Å². The normalized spacial score (nSPS) is 10.3. The molecule has 0 amide bonds. The predicted molar refractivity (Wildman–Crippen MR) is 46.2 cm³/mol. The Hall–Kier alpha value is -0.960. The van der Waals surface area contributed by atoms with Crippen molar-refractivity contribution in [2.24, 2.45) is 0 Å². The van der Waals surface area contributed by atoms with Crippen molar-refractivity contribution >= 4 is 15.9 Å². The van der Waals surface area contributed by atoms with Gasteiger partial charge in [0.25, 0.3) is 0 Å². The van der Waals surface area contributed by atoms with Crippen LogP contribution >= 0.6 is 15.9 Å². The molecule has 0 aliphatic heterocycles. The van der Waals surface area contributed by atoms with E-state index in [4.69, 9.17) is 4.42 Å². The van der Waals surface area contributed by atoms with Crippen LogP contribution < -0.4 is 0 Å². The third-order valence-electron chi connectivity index (χ3n) is 1.43. The minimum absolute atomic E-state index is 0.857. The van der Waals surface area contributed by atoms with E-state index in [1.54, 1.807) is 6.26 Å². The molecule has 2 heterocycles. The number of aromatic amines is 1. The lowest BCUT2D eigenvalue weighted by Gasteiger charge is -1.86. The smallest absolute Gasteiger partial charge is 0.150 e. The lowest BCUT2D eigenvalue weighted by molar-refractivity contribution is 0.580. The first-order chi connectivity index (χ1) is 5.36. The number of H-pyrrole nitrogens is 1. The molecular weight excluding hydrogens is 206 g/mol. The highest BCUT2D eigenvalue weighted by molar-refractivity contribution is 9.10. The maximum Gasteiger partial charge on any atom is 0.150 e. The zero-order chi connectivity index (χ0) is 7.68. The van der Waals surface area contributed by atoms with Crippen molar-refractivity contribution in [1.82, 2.24) is 4.98 Å². The Morgan fingerprint density at radius 3 is 2.91 bits per heavy atom. The Balaban J connectivity index is 2.45. The third-order valence-corrected chi connectivity index (χ3v) is 1.89. The Labute approximate surface area is 72.4 Å². The van der Waals surface area contributed by atoms with E-state index in [1.807, 2.05) is 24.4 Å². The summed E-state index contributed by atoms with van der Waals surface area (Å²) < 4.78 is 6.21. The largest absolute Gasteiger partial charge is 0.463 e. The van der Waals surface area contributed by atoms with Gasteiger partial charge in [0.15, 0.2) is 0 Å². The molecule has 0 spiro atoms. The number of rotatable bonds is 1. The molecular formula is C8H6BrNO. The van der Waals surface area contributed by atoms with Crippen LogP contribution in [-0.4, -0.2) is 4.98 Å². The molecule has 2 nitrogen and oxygen atoms in total. The van der Waals surface area contributed by atoms with Gasteiger partial charge in [-0.3, -0.25) is 0 Å². The number of aromatic nitrogens is 1. The van der Waals surface area contributed by atoms with Crippen LogP contribution in [-0.2, 0) is 0 Å². The average Bonchev–Trinajstić information content (AvgIpc) is 2.55. The van der Waals surface area contributed by atoms with Crippen molar-refractivity contribution in [3.8, 4) is 11.5 Å². The van der Waals surface area contributed by atoms with Gasteiger partial charge in [0.2, 0.25) is 0 Å². The van der Waals surface area contributed by atoms with Crippen LogP contribution in [0.3, 0.4) is 0 Å². The first-order valence-electron chi connectivity index (χ1n) is 3.24. The lowest BCUT2D eigenvalue weighted by atomic mass is 10.3. The molecule has 0 radical (unpaired) electrons. The number of nitrogens with one attached hydrogen (secondary N) is 1. The van der Waals surface area contributed by atoms with E-state index in [-0.39, 0.29) is 0 Å². The summed E-state index contributed by atoms with van der Waals surface area (Å²) in [7, 11) is 0. The van der Waals surface area contributed by atoms with Crippen molar-refractivity contribution in [3.63, 3.8) is 0 Å². The molecule has 0 aliphatic carbocycles. The van der Waals surface area contributed by atoms with Gasteiger partial charge in [-0.25, -0.2) is 0 Å². The van der Waals surface area contributed by atoms with Crippen LogP contribution in [0.1, 0.15) is 0 Å². The van der Waals surface area contributed by atoms with Crippen molar-refractivity contribution in [1.29, 1.82) is 0 Å². The van der Waals surface area contributed by atoms with E-state index < -0.39 is 0 Å². The van der Waals surface area contributed by atoms with Gasteiger partial charge in [0, 0.05) is 10.7 Å². The van der Waals surface area contributed by atoms with E-state index >= 15 is 0 Å². The van der Waals surface area contributed by atoms with Gasteiger partial charge >= 0.3 is 0 Å². The van der Waals surface area contributed by atoms with Crippen molar-refractivity contribution in [2.75, 3.05) is 0 Å². The van der Waals surface area contributed by atoms with Crippen LogP contribution in [0.5, 0.6) is 0 Å². The summed E-state index contributed by atoms with van der Waals surface area (Å²) in [5, 5.41) is 0. The zero-order valence-electron chi connectivity index (χ0n) is 5.67. The highest BCUT2D eigenvalue weighted by atomic mass is 79.9. The minimum Gasteiger partial charge on any atom is -0.463 e. The van der Waals surface area contributed by atoms with Gasteiger partial charge in [0.05, 0.1) is 12.0 Å². The fourth-order valence-corrected chi connectivity index (χ4v) is 1.29. The summed E-state index contributed by atoms with van der Waals surface area (Å²) in [4.78, 5) is 3.07. The van der Waals surface area contributed by atoms with Crippen molar-refractivity contribution < 1.29 is 4.42 Å². The fourth-order valence-electron chi connectivity index (χ4n) is 0.942.